The zero-order valence-corrected chi connectivity index (χ0v) is 11.1. The molecule has 5 nitrogen and oxygen atoms in total. The van der Waals surface area contributed by atoms with Crippen LogP contribution in [0.2, 0.25) is 0 Å². The van der Waals surface area contributed by atoms with Crippen molar-refractivity contribution in [1.29, 1.82) is 0 Å². The molecule has 1 amide bonds. The molecule has 2 N–H and O–H groups in total. The third-order valence-electron chi connectivity index (χ3n) is 2.92. The summed E-state index contributed by atoms with van der Waals surface area (Å²) in [6, 6.07) is 5.90. The van der Waals surface area contributed by atoms with E-state index in [2.05, 4.69) is 15.5 Å². The number of ether oxygens (including phenoxy) is 1. The summed E-state index contributed by atoms with van der Waals surface area (Å²) in [6.07, 6.45) is 3.49. The van der Waals surface area contributed by atoms with Crippen LogP contribution in [0.15, 0.2) is 30.6 Å². The second-order valence-corrected chi connectivity index (χ2v) is 4.33. The van der Waals surface area contributed by atoms with Crippen LogP contribution < -0.4 is 10.1 Å². The summed E-state index contributed by atoms with van der Waals surface area (Å²) in [6.45, 7) is 4.40. The van der Waals surface area contributed by atoms with E-state index in [1.165, 1.54) is 5.56 Å². The van der Waals surface area contributed by atoms with Crippen molar-refractivity contribution < 1.29 is 9.53 Å². The van der Waals surface area contributed by atoms with E-state index >= 15 is 0 Å². The van der Waals surface area contributed by atoms with Crippen LogP contribution in [-0.4, -0.2) is 22.7 Å². The molecule has 1 heterocycles. The van der Waals surface area contributed by atoms with E-state index in [-0.39, 0.29) is 5.91 Å². The zero-order chi connectivity index (χ0) is 13.7. The molecule has 0 aliphatic heterocycles. The van der Waals surface area contributed by atoms with Crippen molar-refractivity contribution in [3.8, 4) is 5.75 Å². The number of hydrogen-bond acceptors (Lipinski definition) is 3. The standard InChI is InChI=1S/C14H17N3O2/c1-10-4-3-5-13(11(10)2)19-7-6-14(18)17-12-8-15-16-9-12/h3-5,8-9H,6-7H2,1-2H3,(H,15,16)(H,17,18). The number of H-pyrrole nitrogens is 1. The van der Waals surface area contributed by atoms with Crippen LogP contribution in [0.4, 0.5) is 5.69 Å². The number of benzene rings is 1. The third-order valence-corrected chi connectivity index (χ3v) is 2.92. The lowest BCUT2D eigenvalue weighted by Gasteiger charge is -2.10. The number of rotatable bonds is 5. The van der Waals surface area contributed by atoms with Crippen molar-refractivity contribution in [2.45, 2.75) is 20.3 Å². The molecular weight excluding hydrogens is 242 g/mol. The average molecular weight is 259 g/mol. The number of carbonyl (C=O) groups excluding carboxylic acids is 1. The molecule has 0 bridgehead atoms. The molecule has 0 radical (unpaired) electrons. The summed E-state index contributed by atoms with van der Waals surface area (Å²) in [5.74, 6) is 0.739. The van der Waals surface area contributed by atoms with Crippen LogP contribution in [0, 0.1) is 13.8 Å². The second-order valence-electron chi connectivity index (χ2n) is 4.33. The van der Waals surface area contributed by atoms with Gasteiger partial charge in [-0.15, -0.1) is 0 Å². The van der Waals surface area contributed by atoms with Crippen LogP contribution in [-0.2, 0) is 4.79 Å². The zero-order valence-electron chi connectivity index (χ0n) is 11.1. The summed E-state index contributed by atoms with van der Waals surface area (Å²) < 4.78 is 5.62. The number of aromatic nitrogens is 2. The molecule has 19 heavy (non-hydrogen) atoms. The number of anilines is 1. The lowest BCUT2D eigenvalue weighted by atomic mass is 10.1. The van der Waals surface area contributed by atoms with E-state index < -0.39 is 0 Å². The Balaban J connectivity index is 1.80. The average Bonchev–Trinajstić information content (AvgIpc) is 2.87. The Labute approximate surface area is 112 Å². The van der Waals surface area contributed by atoms with Gasteiger partial charge in [0.05, 0.1) is 24.9 Å². The van der Waals surface area contributed by atoms with Crippen LogP contribution in [0.5, 0.6) is 5.75 Å². The van der Waals surface area contributed by atoms with Gasteiger partial charge in [-0.1, -0.05) is 12.1 Å². The Bertz CT molecular complexity index is 550. The lowest BCUT2D eigenvalue weighted by molar-refractivity contribution is -0.116. The molecule has 0 saturated heterocycles. The van der Waals surface area contributed by atoms with E-state index in [1.54, 1.807) is 12.4 Å². The van der Waals surface area contributed by atoms with E-state index in [0.717, 1.165) is 11.3 Å². The maximum Gasteiger partial charge on any atom is 0.227 e. The maximum absolute atomic E-state index is 11.6. The summed E-state index contributed by atoms with van der Waals surface area (Å²) in [4.78, 5) is 11.6. The molecule has 0 fully saturated rings. The van der Waals surface area contributed by atoms with E-state index in [9.17, 15) is 4.79 Å². The van der Waals surface area contributed by atoms with Gasteiger partial charge >= 0.3 is 0 Å². The molecule has 0 unspecified atom stereocenters. The number of aromatic amines is 1. The Morgan fingerprint density at radius 2 is 2.26 bits per heavy atom. The maximum atomic E-state index is 11.6. The van der Waals surface area contributed by atoms with E-state index in [1.807, 2.05) is 32.0 Å². The monoisotopic (exact) mass is 259 g/mol. The van der Waals surface area contributed by atoms with Crippen LogP contribution in [0.25, 0.3) is 0 Å². The van der Waals surface area contributed by atoms with Gasteiger partial charge in [-0.25, -0.2) is 0 Å². The minimum absolute atomic E-state index is 0.0910. The summed E-state index contributed by atoms with van der Waals surface area (Å²) in [5, 5.41) is 9.11. The first kappa shape index (κ1) is 13.1. The van der Waals surface area contributed by atoms with Gasteiger partial charge in [0.1, 0.15) is 5.75 Å². The molecule has 0 aliphatic carbocycles. The van der Waals surface area contributed by atoms with E-state index in [0.29, 0.717) is 18.7 Å². The molecule has 100 valence electrons. The minimum Gasteiger partial charge on any atom is -0.493 e. The Morgan fingerprint density at radius 1 is 1.42 bits per heavy atom. The molecular formula is C14H17N3O2. The predicted octanol–water partition coefficient (Wildman–Crippen LogP) is 2.43. The molecule has 1 aromatic heterocycles. The number of hydrogen-bond donors (Lipinski definition) is 2. The quantitative estimate of drug-likeness (QED) is 0.866. The Kier molecular flexibility index (Phi) is 4.18. The number of amides is 1. The van der Waals surface area contributed by atoms with Crippen LogP contribution in [0.3, 0.4) is 0 Å². The Morgan fingerprint density at radius 3 is 3.00 bits per heavy atom. The second kappa shape index (κ2) is 6.04. The van der Waals surface area contributed by atoms with Crippen molar-refractivity contribution >= 4 is 11.6 Å². The highest BCUT2D eigenvalue weighted by molar-refractivity contribution is 5.90. The molecule has 5 heteroatoms. The third kappa shape index (κ3) is 3.58. The lowest BCUT2D eigenvalue weighted by Crippen LogP contribution is -2.15. The van der Waals surface area contributed by atoms with Gasteiger partial charge in [-0.2, -0.15) is 5.10 Å². The molecule has 0 aliphatic rings. The highest BCUT2D eigenvalue weighted by Gasteiger charge is 2.05. The predicted molar refractivity (Wildman–Crippen MR) is 73.2 cm³/mol. The van der Waals surface area contributed by atoms with Gasteiger partial charge < -0.3 is 10.1 Å². The molecule has 0 saturated carbocycles. The number of nitrogens with zero attached hydrogens (tertiary/aromatic N) is 1. The van der Waals surface area contributed by atoms with Crippen molar-refractivity contribution in [3.05, 3.63) is 41.7 Å². The fraction of sp³-hybridized carbons (Fsp3) is 0.286. The van der Waals surface area contributed by atoms with Crippen molar-refractivity contribution in [2.24, 2.45) is 0 Å². The largest absolute Gasteiger partial charge is 0.493 e. The van der Waals surface area contributed by atoms with Crippen molar-refractivity contribution in [2.75, 3.05) is 11.9 Å². The van der Waals surface area contributed by atoms with Gasteiger partial charge in [-0.05, 0) is 31.0 Å². The van der Waals surface area contributed by atoms with Crippen LogP contribution in [0.1, 0.15) is 17.5 Å². The SMILES string of the molecule is Cc1cccc(OCCC(=O)Nc2cn[nH]c2)c1C. The first-order chi connectivity index (χ1) is 9.16. The van der Waals surface area contributed by atoms with Crippen LogP contribution >= 0.6 is 0 Å². The molecule has 2 rings (SSSR count). The molecule has 0 atom stereocenters. The minimum atomic E-state index is -0.0910. The van der Waals surface area contributed by atoms with Gasteiger partial charge in [0.15, 0.2) is 0 Å². The fourth-order valence-electron chi connectivity index (χ4n) is 1.68. The normalized spacial score (nSPS) is 10.2. The highest BCUT2D eigenvalue weighted by Crippen LogP contribution is 2.20. The topological polar surface area (TPSA) is 67.0 Å². The van der Waals surface area contributed by atoms with E-state index in [4.69, 9.17) is 4.74 Å². The Hall–Kier alpha value is -2.30. The fourth-order valence-corrected chi connectivity index (χ4v) is 1.68. The summed E-state index contributed by atoms with van der Waals surface area (Å²) in [7, 11) is 0. The first-order valence-electron chi connectivity index (χ1n) is 6.14. The van der Waals surface area contributed by atoms with Crippen molar-refractivity contribution in [3.63, 3.8) is 0 Å². The molecule has 2 aromatic rings. The summed E-state index contributed by atoms with van der Waals surface area (Å²) >= 11 is 0. The molecule has 0 spiro atoms. The smallest absolute Gasteiger partial charge is 0.227 e. The molecule has 1 aromatic carbocycles. The number of aryl methyl sites for hydroxylation is 1. The van der Waals surface area contributed by atoms with Gasteiger partial charge in [0.2, 0.25) is 5.91 Å². The first-order valence-corrected chi connectivity index (χ1v) is 6.14. The number of carbonyl (C=O) groups is 1. The van der Waals surface area contributed by atoms with Gasteiger partial charge in [-0.3, -0.25) is 9.89 Å². The van der Waals surface area contributed by atoms with Gasteiger partial charge in [0, 0.05) is 6.20 Å². The van der Waals surface area contributed by atoms with Crippen molar-refractivity contribution in [1.82, 2.24) is 10.2 Å². The summed E-state index contributed by atoms with van der Waals surface area (Å²) in [5.41, 5.74) is 2.95. The number of nitrogens with one attached hydrogen (secondary N) is 2. The van der Waals surface area contributed by atoms with Gasteiger partial charge in [0.25, 0.3) is 0 Å². The highest BCUT2D eigenvalue weighted by atomic mass is 16.5.